The van der Waals surface area contributed by atoms with Crippen molar-refractivity contribution in [3.05, 3.63) is 73.9 Å². The number of carbonyl (C=O) groups excluding carboxylic acids is 2. The highest BCUT2D eigenvalue weighted by atomic mass is 35.5. The van der Waals surface area contributed by atoms with Gasteiger partial charge in [0.15, 0.2) is 5.69 Å². The normalized spacial score (nSPS) is 10.8. The van der Waals surface area contributed by atoms with Crippen LogP contribution in [0, 0.1) is 5.82 Å². The molecule has 0 bridgehead atoms. The molecule has 0 aliphatic heterocycles. The lowest BCUT2D eigenvalue weighted by Crippen LogP contribution is -2.43. The highest BCUT2D eigenvalue weighted by Crippen LogP contribution is 2.24. The van der Waals surface area contributed by atoms with Gasteiger partial charge >= 0.3 is 0 Å². The zero-order chi connectivity index (χ0) is 21.1. The first-order valence-corrected chi connectivity index (χ1v) is 9.34. The van der Waals surface area contributed by atoms with E-state index in [1.165, 1.54) is 4.68 Å². The quantitative estimate of drug-likeness (QED) is 0.484. The van der Waals surface area contributed by atoms with E-state index in [0.29, 0.717) is 23.7 Å². The first-order valence-electron chi connectivity index (χ1n) is 8.58. The van der Waals surface area contributed by atoms with Crippen LogP contribution >= 0.6 is 23.2 Å². The minimum Gasteiger partial charge on any atom is -0.267 e. The van der Waals surface area contributed by atoms with Crippen molar-refractivity contribution in [3.63, 3.8) is 0 Å². The minimum absolute atomic E-state index is 0.0395. The van der Waals surface area contributed by atoms with Crippen molar-refractivity contribution in [2.45, 2.75) is 19.9 Å². The van der Waals surface area contributed by atoms with Gasteiger partial charge in [0.1, 0.15) is 5.82 Å². The van der Waals surface area contributed by atoms with Crippen LogP contribution in [0.1, 0.15) is 34.2 Å². The van der Waals surface area contributed by atoms with E-state index in [4.69, 9.17) is 23.2 Å². The van der Waals surface area contributed by atoms with Crippen LogP contribution < -0.4 is 16.4 Å². The molecule has 0 atom stereocenters. The van der Waals surface area contributed by atoms with Gasteiger partial charge in [-0.3, -0.25) is 25.2 Å². The van der Waals surface area contributed by atoms with E-state index < -0.39 is 17.6 Å². The Labute approximate surface area is 174 Å². The maximum absolute atomic E-state index is 13.6. The van der Waals surface area contributed by atoms with Crippen molar-refractivity contribution >= 4 is 45.8 Å². The Bertz CT molecular complexity index is 1180. The van der Waals surface area contributed by atoms with E-state index in [9.17, 15) is 18.8 Å². The zero-order valence-electron chi connectivity index (χ0n) is 15.1. The molecule has 0 fully saturated rings. The van der Waals surface area contributed by atoms with E-state index in [1.54, 1.807) is 24.3 Å². The Balaban J connectivity index is 1.89. The fraction of sp³-hybridized carbons (Fsp3) is 0.158. The minimum atomic E-state index is -0.842. The number of halogens is 3. The smallest absolute Gasteiger partial charge is 0.267 e. The van der Waals surface area contributed by atoms with Gasteiger partial charge < -0.3 is 0 Å². The Kier molecular flexibility index (Phi) is 6.14. The molecule has 2 amide bonds. The van der Waals surface area contributed by atoms with Gasteiger partial charge in [0.25, 0.3) is 17.4 Å². The molecule has 150 valence electrons. The molecule has 3 aromatic rings. The molecule has 0 aliphatic rings. The summed E-state index contributed by atoms with van der Waals surface area (Å²) in [6.07, 6.45) is 0.643. The number of hydrogen-bond acceptors (Lipinski definition) is 4. The Morgan fingerprint density at radius 3 is 2.41 bits per heavy atom. The molecule has 2 N–H and O–H groups in total. The summed E-state index contributed by atoms with van der Waals surface area (Å²) in [7, 11) is 0. The maximum atomic E-state index is 13.6. The van der Waals surface area contributed by atoms with E-state index >= 15 is 0 Å². The summed E-state index contributed by atoms with van der Waals surface area (Å²) in [5.74, 6) is -2.41. The number of nitrogens with zero attached hydrogens (tertiary/aromatic N) is 2. The molecule has 0 saturated carbocycles. The van der Waals surface area contributed by atoms with Crippen molar-refractivity contribution in [2.24, 2.45) is 0 Å². The Morgan fingerprint density at radius 1 is 1.07 bits per heavy atom. The highest BCUT2D eigenvalue weighted by Gasteiger charge is 2.19. The summed E-state index contributed by atoms with van der Waals surface area (Å²) >= 11 is 11.5. The third-order valence-electron chi connectivity index (χ3n) is 4.06. The van der Waals surface area contributed by atoms with E-state index in [2.05, 4.69) is 16.0 Å². The standard InChI is InChI=1S/C19H15Cl2FN4O3/c1-2-7-26-19(29)11-6-4-3-5-10(11)16(25-26)18(28)24-23-17(27)12-8-15(22)14(21)9-13(12)20/h3-6,8-9H,2,7H2,1H3,(H,23,27)(H,24,28). The second-order valence-electron chi connectivity index (χ2n) is 6.08. The third-order valence-corrected chi connectivity index (χ3v) is 4.66. The van der Waals surface area contributed by atoms with Crippen LogP contribution in [0.3, 0.4) is 0 Å². The number of rotatable bonds is 4. The number of hydrogen-bond donors (Lipinski definition) is 2. The zero-order valence-corrected chi connectivity index (χ0v) is 16.6. The summed E-state index contributed by atoms with van der Waals surface area (Å²) in [4.78, 5) is 37.4. The first-order chi connectivity index (χ1) is 13.8. The number of fused-ring (bicyclic) bond motifs is 1. The van der Waals surface area contributed by atoms with Gasteiger partial charge in [0.2, 0.25) is 0 Å². The lowest BCUT2D eigenvalue weighted by atomic mass is 10.1. The molecule has 3 rings (SSSR count). The van der Waals surface area contributed by atoms with Crippen LogP contribution in [0.25, 0.3) is 10.8 Å². The molecule has 0 spiro atoms. The van der Waals surface area contributed by atoms with Crippen LogP contribution in [0.4, 0.5) is 4.39 Å². The van der Waals surface area contributed by atoms with Crippen molar-refractivity contribution in [1.29, 1.82) is 0 Å². The fourth-order valence-corrected chi connectivity index (χ4v) is 3.17. The molecule has 1 aromatic heterocycles. The van der Waals surface area contributed by atoms with Crippen LogP contribution in [0.2, 0.25) is 10.0 Å². The van der Waals surface area contributed by atoms with Gasteiger partial charge in [-0.2, -0.15) is 5.10 Å². The molecule has 2 aromatic carbocycles. The second kappa shape index (κ2) is 8.59. The SMILES string of the molecule is CCCn1nc(C(=O)NNC(=O)c2cc(F)c(Cl)cc2Cl)c2ccccc2c1=O. The van der Waals surface area contributed by atoms with E-state index in [0.717, 1.165) is 12.1 Å². The number of aromatic nitrogens is 2. The van der Waals surface area contributed by atoms with Crippen molar-refractivity contribution in [1.82, 2.24) is 20.6 Å². The second-order valence-corrected chi connectivity index (χ2v) is 6.89. The molecule has 0 aliphatic carbocycles. The van der Waals surface area contributed by atoms with Crippen LogP contribution in [-0.4, -0.2) is 21.6 Å². The number of amides is 2. The van der Waals surface area contributed by atoms with Crippen molar-refractivity contribution in [3.8, 4) is 0 Å². The molecular weight excluding hydrogens is 422 g/mol. The van der Waals surface area contributed by atoms with E-state index in [-0.39, 0.29) is 26.9 Å². The lowest BCUT2D eigenvalue weighted by molar-refractivity contribution is 0.0843. The highest BCUT2D eigenvalue weighted by molar-refractivity contribution is 6.36. The van der Waals surface area contributed by atoms with Gasteiger partial charge in [0.05, 0.1) is 21.0 Å². The molecule has 29 heavy (non-hydrogen) atoms. The van der Waals surface area contributed by atoms with Gasteiger partial charge in [-0.25, -0.2) is 9.07 Å². The fourth-order valence-electron chi connectivity index (χ4n) is 2.70. The topological polar surface area (TPSA) is 93.1 Å². The molecule has 1 heterocycles. The summed E-state index contributed by atoms with van der Waals surface area (Å²) in [6.45, 7) is 2.20. The number of benzene rings is 2. The Morgan fingerprint density at radius 2 is 1.72 bits per heavy atom. The van der Waals surface area contributed by atoms with Gasteiger partial charge in [-0.05, 0) is 24.6 Å². The summed E-state index contributed by atoms with van der Waals surface area (Å²) in [6, 6.07) is 8.48. The summed E-state index contributed by atoms with van der Waals surface area (Å²) in [5, 5.41) is 4.48. The molecule has 0 saturated heterocycles. The summed E-state index contributed by atoms with van der Waals surface area (Å²) < 4.78 is 14.8. The van der Waals surface area contributed by atoms with Gasteiger partial charge in [-0.15, -0.1) is 0 Å². The molecule has 10 heteroatoms. The van der Waals surface area contributed by atoms with Crippen molar-refractivity contribution < 1.29 is 14.0 Å². The molecular formula is C19H15Cl2FN4O3. The monoisotopic (exact) mass is 436 g/mol. The van der Waals surface area contributed by atoms with Crippen LogP contribution in [0.15, 0.2) is 41.2 Å². The average Bonchev–Trinajstić information content (AvgIpc) is 2.71. The average molecular weight is 437 g/mol. The predicted molar refractivity (Wildman–Crippen MR) is 108 cm³/mol. The van der Waals surface area contributed by atoms with Gasteiger partial charge in [-0.1, -0.05) is 48.3 Å². The maximum Gasteiger partial charge on any atom is 0.290 e. The molecule has 0 radical (unpaired) electrons. The van der Waals surface area contributed by atoms with Crippen LogP contribution in [0.5, 0.6) is 0 Å². The molecule has 7 nitrogen and oxygen atoms in total. The number of carbonyl (C=O) groups is 2. The van der Waals surface area contributed by atoms with Gasteiger partial charge in [0, 0.05) is 11.9 Å². The number of hydrazine groups is 1. The molecule has 0 unspecified atom stereocenters. The number of aryl methyl sites for hydroxylation is 1. The summed E-state index contributed by atoms with van der Waals surface area (Å²) in [5.41, 5.74) is 3.81. The lowest BCUT2D eigenvalue weighted by Gasteiger charge is -2.12. The van der Waals surface area contributed by atoms with Crippen molar-refractivity contribution in [2.75, 3.05) is 0 Å². The predicted octanol–water partition coefficient (Wildman–Crippen LogP) is 3.33. The largest absolute Gasteiger partial charge is 0.290 e. The first kappa shape index (κ1) is 20.8. The Hall–Kier alpha value is -2.97. The van der Waals surface area contributed by atoms with Crippen LogP contribution in [-0.2, 0) is 6.54 Å². The van der Waals surface area contributed by atoms with E-state index in [1.807, 2.05) is 6.92 Å². The third kappa shape index (κ3) is 4.23. The number of nitrogens with one attached hydrogen (secondary N) is 2.